The number of nitrogens with zero attached hydrogens (tertiary/aromatic N) is 1. The Balaban J connectivity index is 2.20. The van der Waals surface area contributed by atoms with Gasteiger partial charge in [0.25, 0.3) is 0 Å². The van der Waals surface area contributed by atoms with Crippen molar-refractivity contribution < 1.29 is 4.79 Å². The number of carbonyl (C=O) groups is 1. The van der Waals surface area contributed by atoms with Crippen LogP contribution in [0.5, 0.6) is 0 Å². The number of carbonyl (C=O) groups excluding carboxylic acids is 1. The van der Waals surface area contributed by atoms with Crippen molar-refractivity contribution in [1.82, 2.24) is 0 Å². The minimum absolute atomic E-state index is 0.0112. The second-order valence-corrected chi connectivity index (χ2v) is 5.05. The van der Waals surface area contributed by atoms with Crippen molar-refractivity contribution in [3.8, 4) is 6.07 Å². The lowest BCUT2D eigenvalue weighted by Gasteiger charge is -2.10. The molecule has 0 bridgehead atoms. The van der Waals surface area contributed by atoms with Gasteiger partial charge in [-0.1, -0.05) is 64.5 Å². The van der Waals surface area contributed by atoms with Crippen LogP contribution >= 0.6 is 15.9 Å². The highest BCUT2D eigenvalue weighted by atomic mass is 79.9. The molecule has 0 heterocycles. The molecule has 1 atom stereocenters. The van der Waals surface area contributed by atoms with Gasteiger partial charge in [-0.2, -0.15) is 5.26 Å². The number of halogens is 1. The maximum atomic E-state index is 12.1. The average Bonchev–Trinajstić information content (AvgIpc) is 2.46. The van der Waals surface area contributed by atoms with Gasteiger partial charge in [0, 0.05) is 16.5 Å². The lowest BCUT2D eigenvalue weighted by molar-refractivity contribution is 0.0979. The summed E-state index contributed by atoms with van der Waals surface area (Å²) in [7, 11) is 0. The van der Waals surface area contributed by atoms with Crippen molar-refractivity contribution in [1.29, 1.82) is 5.26 Å². The van der Waals surface area contributed by atoms with E-state index in [1.807, 2.05) is 42.5 Å². The zero-order valence-corrected chi connectivity index (χ0v) is 11.8. The molecular formula is C16H12BrNO. The monoisotopic (exact) mass is 313 g/mol. The molecule has 2 rings (SSSR count). The largest absolute Gasteiger partial charge is 0.294 e. The van der Waals surface area contributed by atoms with Gasteiger partial charge in [0.1, 0.15) is 0 Å². The summed E-state index contributed by atoms with van der Waals surface area (Å²) in [5.41, 5.74) is 1.50. The standard InChI is InChI=1S/C16H12BrNO/c17-15-9-5-4-8-14(15)13(11-18)10-16(19)12-6-2-1-3-7-12/h1-9,13H,10H2/t13-/m0/s1. The third-order valence-corrected chi connectivity index (χ3v) is 3.64. The molecule has 3 heteroatoms. The van der Waals surface area contributed by atoms with Gasteiger partial charge >= 0.3 is 0 Å². The summed E-state index contributed by atoms with van der Waals surface area (Å²) in [6.45, 7) is 0. The number of nitriles is 1. The molecule has 0 amide bonds. The van der Waals surface area contributed by atoms with E-state index in [1.165, 1.54) is 0 Å². The molecule has 0 aromatic heterocycles. The molecule has 0 saturated carbocycles. The molecule has 0 saturated heterocycles. The van der Waals surface area contributed by atoms with E-state index in [1.54, 1.807) is 12.1 Å². The van der Waals surface area contributed by atoms with Crippen molar-refractivity contribution in [2.45, 2.75) is 12.3 Å². The Morgan fingerprint density at radius 1 is 1.11 bits per heavy atom. The Morgan fingerprint density at radius 2 is 1.74 bits per heavy atom. The lowest BCUT2D eigenvalue weighted by atomic mass is 9.93. The van der Waals surface area contributed by atoms with Gasteiger partial charge in [-0.3, -0.25) is 4.79 Å². The molecular weight excluding hydrogens is 302 g/mol. The normalized spacial score (nSPS) is 11.6. The van der Waals surface area contributed by atoms with Gasteiger partial charge in [-0.15, -0.1) is 0 Å². The molecule has 2 aromatic rings. The molecule has 0 spiro atoms. The molecule has 0 aliphatic rings. The maximum Gasteiger partial charge on any atom is 0.164 e. The Hall–Kier alpha value is -1.92. The van der Waals surface area contributed by atoms with E-state index < -0.39 is 5.92 Å². The fourth-order valence-electron chi connectivity index (χ4n) is 1.91. The summed E-state index contributed by atoms with van der Waals surface area (Å²) in [6, 6.07) is 18.8. The first-order valence-electron chi connectivity index (χ1n) is 5.94. The van der Waals surface area contributed by atoms with Gasteiger partial charge in [0.15, 0.2) is 5.78 Å². The zero-order chi connectivity index (χ0) is 13.7. The van der Waals surface area contributed by atoms with Crippen molar-refractivity contribution in [2.24, 2.45) is 0 Å². The van der Waals surface area contributed by atoms with Gasteiger partial charge in [-0.05, 0) is 11.6 Å². The van der Waals surface area contributed by atoms with Crippen LogP contribution in [-0.2, 0) is 0 Å². The van der Waals surface area contributed by atoms with E-state index in [2.05, 4.69) is 22.0 Å². The van der Waals surface area contributed by atoms with Crippen LogP contribution < -0.4 is 0 Å². The van der Waals surface area contributed by atoms with Crippen molar-refractivity contribution in [2.75, 3.05) is 0 Å². The number of benzene rings is 2. The molecule has 0 aliphatic carbocycles. The summed E-state index contributed by atoms with van der Waals surface area (Å²) >= 11 is 3.42. The van der Waals surface area contributed by atoms with Crippen LogP contribution in [0.1, 0.15) is 28.3 Å². The van der Waals surface area contributed by atoms with Gasteiger partial charge in [0.2, 0.25) is 0 Å². The summed E-state index contributed by atoms with van der Waals surface area (Å²) in [5.74, 6) is -0.439. The SMILES string of the molecule is N#C[C@H](CC(=O)c1ccccc1)c1ccccc1Br. The minimum atomic E-state index is -0.428. The van der Waals surface area contributed by atoms with Gasteiger partial charge < -0.3 is 0 Å². The third kappa shape index (κ3) is 3.30. The number of rotatable bonds is 4. The van der Waals surface area contributed by atoms with Crippen LogP contribution in [-0.4, -0.2) is 5.78 Å². The van der Waals surface area contributed by atoms with Crippen LogP contribution in [0.3, 0.4) is 0 Å². The van der Waals surface area contributed by atoms with Crippen molar-refractivity contribution in [3.05, 3.63) is 70.2 Å². The zero-order valence-electron chi connectivity index (χ0n) is 10.2. The van der Waals surface area contributed by atoms with E-state index in [4.69, 9.17) is 0 Å². The van der Waals surface area contributed by atoms with Gasteiger partial charge in [-0.25, -0.2) is 0 Å². The van der Waals surface area contributed by atoms with E-state index >= 15 is 0 Å². The highest BCUT2D eigenvalue weighted by Crippen LogP contribution is 2.27. The predicted octanol–water partition coefficient (Wildman–Crippen LogP) is 4.33. The Kier molecular flexibility index (Phi) is 4.48. The summed E-state index contributed by atoms with van der Waals surface area (Å²) in [4.78, 5) is 12.1. The number of hydrogen-bond acceptors (Lipinski definition) is 2. The fourth-order valence-corrected chi connectivity index (χ4v) is 2.47. The summed E-state index contributed by atoms with van der Waals surface area (Å²) in [6.07, 6.45) is 0.198. The van der Waals surface area contributed by atoms with E-state index in [9.17, 15) is 10.1 Å². The first-order chi connectivity index (χ1) is 9.22. The number of ketones is 1. The predicted molar refractivity (Wildman–Crippen MR) is 77.9 cm³/mol. The van der Waals surface area contributed by atoms with Crippen LogP contribution in [0.4, 0.5) is 0 Å². The maximum absolute atomic E-state index is 12.1. The molecule has 0 unspecified atom stereocenters. The first-order valence-corrected chi connectivity index (χ1v) is 6.74. The molecule has 0 fully saturated rings. The summed E-state index contributed by atoms with van der Waals surface area (Å²) in [5, 5.41) is 9.28. The molecule has 19 heavy (non-hydrogen) atoms. The second-order valence-electron chi connectivity index (χ2n) is 4.20. The lowest BCUT2D eigenvalue weighted by Crippen LogP contribution is -2.06. The highest BCUT2D eigenvalue weighted by Gasteiger charge is 2.18. The number of hydrogen-bond donors (Lipinski definition) is 0. The third-order valence-electron chi connectivity index (χ3n) is 2.92. The summed E-state index contributed by atoms with van der Waals surface area (Å²) < 4.78 is 0.863. The smallest absolute Gasteiger partial charge is 0.164 e. The van der Waals surface area contributed by atoms with Crippen LogP contribution in [0, 0.1) is 11.3 Å². The minimum Gasteiger partial charge on any atom is -0.294 e. The fraction of sp³-hybridized carbons (Fsp3) is 0.125. The van der Waals surface area contributed by atoms with Gasteiger partial charge in [0.05, 0.1) is 12.0 Å². The molecule has 0 N–H and O–H groups in total. The molecule has 2 nitrogen and oxygen atoms in total. The Bertz CT molecular complexity index is 616. The molecule has 94 valence electrons. The van der Waals surface area contributed by atoms with Crippen molar-refractivity contribution >= 4 is 21.7 Å². The molecule has 0 radical (unpaired) electrons. The van der Waals surface area contributed by atoms with E-state index in [0.29, 0.717) is 5.56 Å². The quantitative estimate of drug-likeness (QED) is 0.788. The first kappa shape index (κ1) is 13.5. The van der Waals surface area contributed by atoms with E-state index in [0.717, 1.165) is 10.0 Å². The second kappa shape index (κ2) is 6.31. The van der Waals surface area contributed by atoms with Crippen LogP contribution in [0.25, 0.3) is 0 Å². The Morgan fingerprint density at radius 3 is 2.37 bits per heavy atom. The van der Waals surface area contributed by atoms with E-state index in [-0.39, 0.29) is 12.2 Å². The molecule has 0 aliphatic heterocycles. The highest BCUT2D eigenvalue weighted by molar-refractivity contribution is 9.10. The molecule has 2 aromatic carbocycles. The topological polar surface area (TPSA) is 40.9 Å². The van der Waals surface area contributed by atoms with Crippen molar-refractivity contribution in [3.63, 3.8) is 0 Å². The van der Waals surface area contributed by atoms with Crippen LogP contribution in [0.15, 0.2) is 59.1 Å². The average molecular weight is 314 g/mol. The van der Waals surface area contributed by atoms with Crippen LogP contribution in [0.2, 0.25) is 0 Å². The number of Topliss-reactive ketones (excluding diaryl/α,β-unsaturated/α-hetero) is 1. The Labute approximate surface area is 120 Å².